The molecule has 1 saturated heterocycles. The summed E-state index contributed by atoms with van der Waals surface area (Å²) in [7, 11) is 0. The minimum Gasteiger partial charge on any atom is -0.335 e. The summed E-state index contributed by atoms with van der Waals surface area (Å²) in [4.78, 5) is 14.8. The minimum absolute atomic E-state index is 0.0335. The smallest absolute Gasteiger partial charge is 0.257 e. The number of hydrogen-bond acceptors (Lipinski definition) is 3. The fourth-order valence-electron chi connectivity index (χ4n) is 3.15. The van der Waals surface area contributed by atoms with Gasteiger partial charge >= 0.3 is 0 Å². The number of carbonyl (C=O) groups is 1. The molecule has 122 valence electrons. The Morgan fingerprint density at radius 2 is 2.09 bits per heavy atom. The molecule has 0 spiro atoms. The molecule has 1 aliphatic rings. The monoisotopic (exact) mass is 332 g/mol. The highest BCUT2D eigenvalue weighted by atomic mass is 35.5. The van der Waals surface area contributed by atoms with Crippen LogP contribution in [-0.2, 0) is 0 Å². The Bertz CT molecular complexity index is 710. The number of amides is 1. The predicted octanol–water partition coefficient (Wildman–Crippen LogP) is 2.64. The van der Waals surface area contributed by atoms with Gasteiger partial charge < -0.3 is 10.6 Å². The van der Waals surface area contributed by atoms with Crippen LogP contribution in [0.15, 0.2) is 30.5 Å². The maximum atomic E-state index is 12.8. The molecule has 2 unspecified atom stereocenters. The van der Waals surface area contributed by atoms with E-state index in [9.17, 15) is 4.79 Å². The van der Waals surface area contributed by atoms with Crippen LogP contribution in [0.4, 0.5) is 0 Å². The van der Waals surface area contributed by atoms with E-state index in [-0.39, 0.29) is 11.9 Å². The molecule has 1 aromatic heterocycles. The number of rotatable bonds is 3. The Labute approximate surface area is 141 Å². The van der Waals surface area contributed by atoms with Crippen LogP contribution >= 0.6 is 11.6 Å². The largest absolute Gasteiger partial charge is 0.335 e. The number of hydrogen-bond donors (Lipinski definition) is 1. The molecule has 1 aliphatic heterocycles. The van der Waals surface area contributed by atoms with Gasteiger partial charge in [-0.3, -0.25) is 4.79 Å². The first-order valence-corrected chi connectivity index (χ1v) is 8.20. The molecular weight excluding hydrogens is 312 g/mol. The van der Waals surface area contributed by atoms with Crippen molar-refractivity contribution in [2.45, 2.75) is 26.3 Å². The molecule has 3 rings (SSSR count). The molecule has 1 amide bonds. The maximum absolute atomic E-state index is 12.8. The summed E-state index contributed by atoms with van der Waals surface area (Å²) in [6, 6.07) is 7.60. The topological polar surface area (TPSA) is 64.2 Å². The van der Waals surface area contributed by atoms with E-state index in [0.717, 1.165) is 24.3 Å². The SMILES string of the molecule is Cc1nn(-c2ccc(Cl)cc2)cc1C(=O)N1CC(CN)CC1C. The summed E-state index contributed by atoms with van der Waals surface area (Å²) < 4.78 is 1.72. The molecule has 2 heterocycles. The summed E-state index contributed by atoms with van der Waals surface area (Å²) in [6.07, 6.45) is 2.76. The van der Waals surface area contributed by atoms with Crippen molar-refractivity contribution in [1.29, 1.82) is 0 Å². The lowest BCUT2D eigenvalue weighted by Gasteiger charge is -2.21. The second-order valence-corrected chi connectivity index (χ2v) is 6.63. The first-order chi connectivity index (χ1) is 11.0. The van der Waals surface area contributed by atoms with Crippen LogP contribution in [0, 0.1) is 12.8 Å². The van der Waals surface area contributed by atoms with Gasteiger partial charge in [-0.2, -0.15) is 5.10 Å². The number of nitrogens with two attached hydrogens (primary N) is 1. The molecule has 0 bridgehead atoms. The average molecular weight is 333 g/mol. The molecule has 2 atom stereocenters. The highest BCUT2D eigenvalue weighted by Gasteiger charge is 2.33. The number of likely N-dealkylation sites (tertiary alicyclic amines) is 1. The number of aryl methyl sites for hydroxylation is 1. The van der Waals surface area contributed by atoms with Gasteiger partial charge in [-0.05, 0) is 57.0 Å². The third kappa shape index (κ3) is 3.12. The minimum atomic E-state index is 0.0335. The maximum Gasteiger partial charge on any atom is 0.257 e. The Balaban J connectivity index is 1.86. The second-order valence-electron chi connectivity index (χ2n) is 6.19. The number of nitrogens with zero attached hydrogens (tertiary/aromatic N) is 3. The first-order valence-electron chi connectivity index (χ1n) is 7.83. The third-order valence-electron chi connectivity index (χ3n) is 4.48. The van der Waals surface area contributed by atoms with Gasteiger partial charge in [0.2, 0.25) is 0 Å². The zero-order valence-corrected chi connectivity index (χ0v) is 14.1. The zero-order valence-electron chi connectivity index (χ0n) is 13.4. The van der Waals surface area contributed by atoms with E-state index in [1.807, 2.05) is 36.1 Å². The Hall–Kier alpha value is -1.85. The number of carbonyl (C=O) groups excluding carboxylic acids is 1. The summed E-state index contributed by atoms with van der Waals surface area (Å²) in [5.41, 5.74) is 8.01. The molecule has 2 aromatic rings. The van der Waals surface area contributed by atoms with Gasteiger partial charge in [-0.25, -0.2) is 4.68 Å². The molecule has 1 fully saturated rings. The summed E-state index contributed by atoms with van der Waals surface area (Å²) in [5.74, 6) is 0.423. The fraction of sp³-hybridized carbons (Fsp3) is 0.412. The van der Waals surface area contributed by atoms with Crippen LogP contribution in [0.2, 0.25) is 5.02 Å². The van der Waals surface area contributed by atoms with Crippen molar-refractivity contribution in [2.75, 3.05) is 13.1 Å². The highest BCUT2D eigenvalue weighted by Crippen LogP contribution is 2.25. The van der Waals surface area contributed by atoms with Crippen molar-refractivity contribution in [3.63, 3.8) is 0 Å². The van der Waals surface area contributed by atoms with Crippen LogP contribution in [0.1, 0.15) is 29.4 Å². The first kappa shape index (κ1) is 16.0. The van der Waals surface area contributed by atoms with Crippen molar-refractivity contribution >= 4 is 17.5 Å². The van der Waals surface area contributed by atoms with E-state index < -0.39 is 0 Å². The van der Waals surface area contributed by atoms with Gasteiger partial charge in [-0.1, -0.05) is 11.6 Å². The van der Waals surface area contributed by atoms with E-state index in [2.05, 4.69) is 12.0 Å². The third-order valence-corrected chi connectivity index (χ3v) is 4.73. The zero-order chi connectivity index (χ0) is 16.6. The van der Waals surface area contributed by atoms with E-state index >= 15 is 0 Å². The van der Waals surface area contributed by atoms with E-state index in [0.29, 0.717) is 23.0 Å². The molecule has 1 aromatic carbocycles. The lowest BCUT2D eigenvalue weighted by atomic mass is 10.1. The Morgan fingerprint density at radius 1 is 1.39 bits per heavy atom. The van der Waals surface area contributed by atoms with Crippen molar-refractivity contribution in [3.8, 4) is 5.69 Å². The molecule has 0 aliphatic carbocycles. The predicted molar refractivity (Wildman–Crippen MR) is 91.0 cm³/mol. The molecule has 0 radical (unpaired) electrons. The molecule has 23 heavy (non-hydrogen) atoms. The van der Waals surface area contributed by atoms with Crippen LogP contribution < -0.4 is 5.73 Å². The highest BCUT2D eigenvalue weighted by molar-refractivity contribution is 6.30. The lowest BCUT2D eigenvalue weighted by Crippen LogP contribution is -2.34. The molecular formula is C17H21ClN4O. The average Bonchev–Trinajstić information content (AvgIpc) is 3.10. The lowest BCUT2D eigenvalue weighted by molar-refractivity contribution is 0.0742. The van der Waals surface area contributed by atoms with Gasteiger partial charge in [0.25, 0.3) is 5.91 Å². The van der Waals surface area contributed by atoms with E-state index in [1.165, 1.54) is 0 Å². The molecule has 6 heteroatoms. The van der Waals surface area contributed by atoms with Crippen LogP contribution in [-0.4, -0.2) is 39.7 Å². The van der Waals surface area contributed by atoms with Gasteiger partial charge in [0.15, 0.2) is 0 Å². The van der Waals surface area contributed by atoms with Crippen molar-refractivity contribution in [3.05, 3.63) is 46.7 Å². The summed E-state index contributed by atoms with van der Waals surface area (Å²) in [5, 5.41) is 5.14. The fourth-order valence-corrected chi connectivity index (χ4v) is 3.27. The van der Waals surface area contributed by atoms with Crippen molar-refractivity contribution in [2.24, 2.45) is 11.7 Å². The Morgan fingerprint density at radius 3 is 2.70 bits per heavy atom. The number of benzene rings is 1. The van der Waals surface area contributed by atoms with Crippen molar-refractivity contribution < 1.29 is 4.79 Å². The Kier molecular flexibility index (Phi) is 4.41. The quantitative estimate of drug-likeness (QED) is 0.939. The van der Waals surface area contributed by atoms with E-state index in [4.69, 9.17) is 17.3 Å². The second kappa shape index (κ2) is 6.34. The number of halogens is 1. The van der Waals surface area contributed by atoms with Crippen LogP contribution in [0.3, 0.4) is 0 Å². The van der Waals surface area contributed by atoms with E-state index in [1.54, 1.807) is 10.9 Å². The number of aromatic nitrogens is 2. The van der Waals surface area contributed by atoms with Crippen molar-refractivity contribution in [1.82, 2.24) is 14.7 Å². The molecule has 0 saturated carbocycles. The van der Waals surface area contributed by atoms with Crippen LogP contribution in [0.25, 0.3) is 5.69 Å². The standard InChI is InChI=1S/C17H21ClN4O/c1-11-7-13(8-19)9-21(11)17(23)16-10-22(20-12(16)2)15-5-3-14(18)4-6-15/h3-6,10-11,13H,7-9,19H2,1-2H3. The van der Waals surface area contributed by atoms with Gasteiger partial charge in [0.05, 0.1) is 16.9 Å². The summed E-state index contributed by atoms with van der Waals surface area (Å²) >= 11 is 5.91. The molecule has 5 nitrogen and oxygen atoms in total. The molecule has 2 N–H and O–H groups in total. The van der Waals surface area contributed by atoms with Gasteiger partial charge in [0.1, 0.15) is 0 Å². The van der Waals surface area contributed by atoms with Gasteiger partial charge in [-0.15, -0.1) is 0 Å². The van der Waals surface area contributed by atoms with Gasteiger partial charge in [0, 0.05) is 23.8 Å². The summed E-state index contributed by atoms with van der Waals surface area (Å²) in [6.45, 7) is 5.28. The van der Waals surface area contributed by atoms with Crippen LogP contribution in [0.5, 0.6) is 0 Å². The normalized spacial score (nSPS) is 21.0.